The topological polar surface area (TPSA) is 88.0 Å². The zero-order valence-electron chi connectivity index (χ0n) is 14.9. The number of halogens is 3. The summed E-state index contributed by atoms with van der Waals surface area (Å²) in [6.07, 6.45) is 1.45. The summed E-state index contributed by atoms with van der Waals surface area (Å²) in [6, 6.07) is 4.43. The van der Waals surface area contributed by atoms with Gasteiger partial charge < -0.3 is 10.4 Å². The van der Waals surface area contributed by atoms with E-state index in [-0.39, 0.29) is 19.5 Å². The van der Waals surface area contributed by atoms with Gasteiger partial charge in [0.1, 0.15) is 29.5 Å². The molecule has 0 aliphatic carbocycles. The molecule has 0 saturated heterocycles. The summed E-state index contributed by atoms with van der Waals surface area (Å²) in [5.41, 5.74) is -0.116. The highest BCUT2D eigenvalue weighted by atomic mass is 31.1. The van der Waals surface area contributed by atoms with E-state index in [9.17, 15) is 17.7 Å². The van der Waals surface area contributed by atoms with Gasteiger partial charge in [-0.25, -0.2) is 19.3 Å². The monoisotopic (exact) mass is 408 g/mol. The van der Waals surface area contributed by atoms with Crippen LogP contribution in [0.25, 0.3) is 10.9 Å². The van der Waals surface area contributed by atoms with Crippen molar-refractivity contribution in [3.8, 4) is 0 Å². The molecule has 2 N–H and O–H groups in total. The number of aryl methyl sites for hydroxylation is 1. The van der Waals surface area contributed by atoms with Crippen LogP contribution in [-0.4, -0.2) is 26.7 Å². The molecule has 0 fully saturated rings. The zero-order chi connectivity index (χ0) is 20.5. The zero-order valence-corrected chi connectivity index (χ0v) is 15.8. The third-order valence-corrected chi connectivity index (χ3v) is 4.65. The van der Waals surface area contributed by atoms with Gasteiger partial charge in [-0.3, -0.25) is 4.57 Å². The van der Waals surface area contributed by atoms with Gasteiger partial charge in [0, 0.05) is 10.9 Å². The van der Waals surface area contributed by atoms with E-state index in [0.29, 0.717) is 22.5 Å². The summed E-state index contributed by atoms with van der Waals surface area (Å²) in [7, 11) is -0.278. The minimum Gasteiger partial charge on any atom is -0.390 e. The third kappa shape index (κ3) is 3.81. The van der Waals surface area contributed by atoms with Gasteiger partial charge in [-0.2, -0.15) is 8.78 Å². The Bertz CT molecular complexity index is 1050. The Morgan fingerprint density at radius 3 is 2.75 bits per heavy atom. The van der Waals surface area contributed by atoms with Crippen molar-refractivity contribution < 1.29 is 22.8 Å². The number of hydrogen-bond donors (Lipinski definition) is 2. The van der Waals surface area contributed by atoms with Crippen LogP contribution in [0.3, 0.4) is 0 Å². The average molecular weight is 408 g/mol. The Kier molecular flexibility index (Phi) is 5.58. The molecule has 1 aromatic carbocycles. The molecule has 6 nitrogen and oxygen atoms in total. The van der Waals surface area contributed by atoms with Gasteiger partial charge in [0.15, 0.2) is 0 Å². The van der Waals surface area contributed by atoms with E-state index in [2.05, 4.69) is 20.3 Å². The second-order valence-electron chi connectivity index (χ2n) is 6.21. The van der Waals surface area contributed by atoms with E-state index in [1.54, 1.807) is 13.8 Å². The summed E-state index contributed by atoms with van der Waals surface area (Å²) in [5, 5.41) is 12.4. The van der Waals surface area contributed by atoms with Gasteiger partial charge >= 0.3 is 0 Å². The fourth-order valence-corrected chi connectivity index (χ4v) is 3.12. The first-order chi connectivity index (χ1) is 13.3. The highest BCUT2D eigenvalue weighted by Gasteiger charge is 2.35. The molecular formula is C18H16F3N4O2P. The number of benzene rings is 1. The third-order valence-electron chi connectivity index (χ3n) is 4.21. The van der Waals surface area contributed by atoms with Crippen molar-refractivity contribution in [2.75, 3.05) is 11.9 Å². The Hall–Kier alpha value is -2.64. The summed E-state index contributed by atoms with van der Waals surface area (Å²) in [5.74, 6) is -4.03. The molecule has 28 heavy (non-hydrogen) atoms. The van der Waals surface area contributed by atoms with E-state index in [1.165, 1.54) is 24.4 Å². The number of rotatable bonds is 6. The maximum atomic E-state index is 14.7. The predicted octanol–water partition coefficient (Wildman–Crippen LogP) is 3.65. The summed E-state index contributed by atoms with van der Waals surface area (Å²) < 4.78 is 53.4. The van der Waals surface area contributed by atoms with E-state index in [1.807, 2.05) is 0 Å². The largest absolute Gasteiger partial charge is 0.390 e. The molecule has 0 amide bonds. The first-order valence-electron chi connectivity index (χ1n) is 8.28. The first kappa shape index (κ1) is 20.1. The molecule has 0 bridgehead atoms. The van der Waals surface area contributed by atoms with Crippen LogP contribution < -0.4 is 10.8 Å². The Morgan fingerprint density at radius 1 is 1.32 bits per heavy atom. The highest BCUT2D eigenvalue weighted by molar-refractivity contribution is 7.33. The molecule has 1 atom stereocenters. The molecule has 0 radical (unpaired) electrons. The van der Waals surface area contributed by atoms with E-state index in [4.69, 9.17) is 5.11 Å². The quantitative estimate of drug-likeness (QED) is 0.606. The fourth-order valence-electron chi connectivity index (χ4n) is 2.83. The smallest absolute Gasteiger partial charge is 0.298 e. The van der Waals surface area contributed by atoms with Crippen molar-refractivity contribution in [1.82, 2.24) is 15.0 Å². The van der Waals surface area contributed by atoms with Crippen molar-refractivity contribution in [2.24, 2.45) is 0 Å². The minimum atomic E-state index is -3.69. The Labute approximate surface area is 160 Å². The van der Waals surface area contributed by atoms with Crippen molar-refractivity contribution in [3.05, 3.63) is 53.2 Å². The lowest BCUT2D eigenvalue weighted by Crippen LogP contribution is -2.22. The maximum absolute atomic E-state index is 14.7. The van der Waals surface area contributed by atoms with Gasteiger partial charge in [0.2, 0.25) is 8.46 Å². The molecule has 10 heteroatoms. The summed E-state index contributed by atoms with van der Waals surface area (Å²) in [6.45, 7) is 1.77. The molecular weight excluding hydrogens is 392 g/mol. The number of pyridine rings is 1. The fraction of sp³-hybridized carbons (Fsp3) is 0.278. The number of nitrogens with one attached hydrogen (secondary N) is 1. The van der Waals surface area contributed by atoms with Gasteiger partial charge in [-0.05, 0) is 26.0 Å². The first-order valence-corrected chi connectivity index (χ1v) is 9.10. The number of aliphatic hydroxyl groups is 1. The van der Waals surface area contributed by atoms with E-state index >= 15 is 0 Å². The lowest BCUT2D eigenvalue weighted by Gasteiger charge is -2.21. The molecule has 0 saturated carbocycles. The second kappa shape index (κ2) is 7.77. The highest BCUT2D eigenvalue weighted by Crippen LogP contribution is 2.33. The molecule has 2 heterocycles. The summed E-state index contributed by atoms with van der Waals surface area (Å²) in [4.78, 5) is 12.5. The Balaban J connectivity index is 2.03. The molecule has 0 spiro atoms. The standard InChI is InChI=1S/C18H16F3N4O2P/c1-9(11-4-3-5-13(16(11)19)18(20,21)8-26)23-17-12-6-15(28-27)22-7-14(12)24-10(2)25-17/h3-7,9,26H,8H2,1-2H3,(H,23,24,25)/t9-/m1/s1. The van der Waals surface area contributed by atoms with Crippen LogP contribution in [0.15, 0.2) is 30.5 Å². The number of anilines is 1. The van der Waals surface area contributed by atoms with Crippen LogP contribution in [0.4, 0.5) is 19.0 Å². The predicted molar refractivity (Wildman–Crippen MR) is 98.7 cm³/mol. The number of fused-ring (bicyclic) bond motifs is 1. The number of aliphatic hydroxyl groups excluding tert-OH is 1. The van der Waals surface area contributed by atoms with Crippen LogP contribution in [-0.2, 0) is 10.5 Å². The van der Waals surface area contributed by atoms with Crippen LogP contribution in [0, 0.1) is 12.7 Å². The number of nitrogens with zero attached hydrogens (tertiary/aromatic N) is 3. The maximum Gasteiger partial charge on any atom is 0.298 e. The molecule has 3 aromatic rings. The van der Waals surface area contributed by atoms with Crippen LogP contribution >= 0.6 is 8.46 Å². The molecule has 2 aromatic heterocycles. The van der Waals surface area contributed by atoms with Crippen molar-refractivity contribution in [3.63, 3.8) is 0 Å². The number of aromatic nitrogens is 3. The second-order valence-corrected chi connectivity index (χ2v) is 6.85. The summed E-state index contributed by atoms with van der Waals surface area (Å²) >= 11 is 0. The Morgan fingerprint density at radius 2 is 2.07 bits per heavy atom. The van der Waals surface area contributed by atoms with Gasteiger partial charge in [-0.15, -0.1) is 0 Å². The van der Waals surface area contributed by atoms with Gasteiger partial charge in [0.05, 0.1) is 23.3 Å². The van der Waals surface area contributed by atoms with Gasteiger partial charge in [-0.1, -0.05) is 12.1 Å². The van der Waals surface area contributed by atoms with Crippen molar-refractivity contribution in [1.29, 1.82) is 0 Å². The lowest BCUT2D eigenvalue weighted by molar-refractivity contribution is -0.0583. The van der Waals surface area contributed by atoms with Gasteiger partial charge in [0.25, 0.3) is 5.92 Å². The van der Waals surface area contributed by atoms with Crippen LogP contribution in [0.5, 0.6) is 0 Å². The van der Waals surface area contributed by atoms with Crippen molar-refractivity contribution >= 4 is 30.6 Å². The number of hydrogen-bond acceptors (Lipinski definition) is 6. The molecule has 0 unspecified atom stereocenters. The van der Waals surface area contributed by atoms with Crippen molar-refractivity contribution in [2.45, 2.75) is 25.8 Å². The number of alkyl halides is 2. The van der Waals surface area contributed by atoms with Crippen LogP contribution in [0.2, 0.25) is 0 Å². The SMILES string of the molecule is Cc1nc(N[C@H](C)c2cccc(C(F)(F)CO)c2F)c2cc(P=O)ncc2n1. The van der Waals surface area contributed by atoms with Crippen LogP contribution in [0.1, 0.15) is 29.9 Å². The van der Waals surface area contributed by atoms with E-state index in [0.717, 1.165) is 6.07 Å². The molecule has 0 aliphatic heterocycles. The minimum absolute atomic E-state index is 0.00808. The molecule has 146 valence electrons. The molecule has 3 rings (SSSR count). The normalized spacial score (nSPS) is 13.1. The lowest BCUT2D eigenvalue weighted by atomic mass is 10.00. The average Bonchev–Trinajstić information content (AvgIpc) is 2.67. The van der Waals surface area contributed by atoms with E-state index < -0.39 is 30.0 Å². The molecule has 0 aliphatic rings.